The minimum atomic E-state index is -0.388. The molecular formula is C33H37N5O5S2. The zero-order chi connectivity index (χ0) is 31.4. The van der Waals surface area contributed by atoms with Gasteiger partial charge in [0, 0.05) is 11.4 Å². The number of nitrogens with zero attached hydrogens (tertiary/aromatic N) is 3. The molecule has 0 aliphatic heterocycles. The summed E-state index contributed by atoms with van der Waals surface area (Å²) in [5.41, 5.74) is 2.66. The van der Waals surface area contributed by atoms with Gasteiger partial charge in [-0.3, -0.25) is 9.59 Å². The number of amides is 2. The molecule has 236 valence electrons. The van der Waals surface area contributed by atoms with E-state index in [9.17, 15) is 14.4 Å². The lowest BCUT2D eigenvalue weighted by molar-refractivity contribution is -0.123. The lowest BCUT2D eigenvalue weighted by Crippen LogP contribution is -2.29. The van der Waals surface area contributed by atoms with Gasteiger partial charge >= 0.3 is 5.97 Å². The second-order valence-electron chi connectivity index (χ2n) is 10.5. The van der Waals surface area contributed by atoms with Crippen LogP contribution in [0.25, 0.3) is 0 Å². The van der Waals surface area contributed by atoms with Crippen molar-refractivity contribution in [2.24, 2.45) is 0 Å². The summed E-state index contributed by atoms with van der Waals surface area (Å²) in [7, 11) is 0. The van der Waals surface area contributed by atoms with Crippen LogP contribution in [-0.2, 0) is 46.7 Å². The van der Waals surface area contributed by atoms with E-state index < -0.39 is 0 Å². The number of esters is 1. The number of fused-ring (bicyclic) bond motifs is 1. The minimum Gasteiger partial charge on any atom is -0.484 e. The monoisotopic (exact) mass is 647 g/mol. The SMILES string of the molecule is CCOC(=O)c1c(NC(=O)CSc2nnc(CNC(=O)COc3ccccc3)n2CCc2ccccc2)sc2c1CCCCC2. The van der Waals surface area contributed by atoms with Crippen LogP contribution in [-0.4, -0.2) is 51.5 Å². The third-order valence-corrected chi connectivity index (χ3v) is 9.48. The smallest absolute Gasteiger partial charge is 0.341 e. The number of carbonyl (C=O) groups excluding carboxylic acids is 3. The predicted octanol–water partition coefficient (Wildman–Crippen LogP) is 5.45. The first-order valence-corrected chi connectivity index (χ1v) is 17.0. The Kier molecular flexibility index (Phi) is 11.6. The molecule has 2 aromatic heterocycles. The first-order valence-electron chi connectivity index (χ1n) is 15.2. The number of hydrogen-bond donors (Lipinski definition) is 2. The lowest BCUT2D eigenvalue weighted by Gasteiger charge is -2.12. The number of aryl methyl sites for hydroxylation is 2. The molecule has 10 nitrogen and oxygen atoms in total. The van der Waals surface area contributed by atoms with Crippen LogP contribution in [0, 0.1) is 0 Å². The zero-order valence-corrected chi connectivity index (χ0v) is 26.9. The number of anilines is 1. The van der Waals surface area contributed by atoms with Gasteiger partial charge in [-0.25, -0.2) is 4.79 Å². The number of para-hydroxylation sites is 1. The highest BCUT2D eigenvalue weighted by Crippen LogP contribution is 2.38. The maximum Gasteiger partial charge on any atom is 0.341 e. The molecule has 0 radical (unpaired) electrons. The Morgan fingerprint density at radius 2 is 1.71 bits per heavy atom. The van der Waals surface area contributed by atoms with Crippen LogP contribution in [0.15, 0.2) is 65.8 Å². The van der Waals surface area contributed by atoms with Crippen molar-refractivity contribution in [1.29, 1.82) is 0 Å². The molecular weight excluding hydrogens is 611 g/mol. The summed E-state index contributed by atoms with van der Waals surface area (Å²) in [5.74, 6) is 0.355. The van der Waals surface area contributed by atoms with Crippen LogP contribution in [0.4, 0.5) is 5.00 Å². The first-order chi connectivity index (χ1) is 22.0. The maximum atomic E-state index is 13.2. The predicted molar refractivity (Wildman–Crippen MR) is 175 cm³/mol. The highest BCUT2D eigenvalue weighted by molar-refractivity contribution is 7.99. The third kappa shape index (κ3) is 8.95. The number of rotatable bonds is 14. The average Bonchev–Trinajstić information content (AvgIpc) is 3.52. The van der Waals surface area contributed by atoms with Gasteiger partial charge in [0.15, 0.2) is 17.6 Å². The molecule has 1 aliphatic carbocycles. The molecule has 0 unspecified atom stereocenters. The summed E-state index contributed by atoms with van der Waals surface area (Å²) in [6, 6.07) is 19.2. The van der Waals surface area contributed by atoms with E-state index in [-0.39, 0.29) is 43.3 Å². The second-order valence-corrected chi connectivity index (χ2v) is 12.5. The number of nitrogens with one attached hydrogen (secondary N) is 2. The normalized spacial score (nSPS) is 12.6. The molecule has 1 aliphatic rings. The number of carbonyl (C=O) groups is 3. The molecule has 2 amide bonds. The van der Waals surface area contributed by atoms with E-state index in [2.05, 4.69) is 33.0 Å². The number of aromatic nitrogens is 3. The number of thiophene rings is 1. The molecule has 0 fully saturated rings. The molecule has 0 saturated carbocycles. The first kappa shape index (κ1) is 32.2. The number of thioether (sulfide) groups is 1. The topological polar surface area (TPSA) is 124 Å². The molecule has 0 saturated heterocycles. The minimum absolute atomic E-state index is 0.0750. The van der Waals surface area contributed by atoms with Gasteiger partial charge in [0.1, 0.15) is 10.8 Å². The van der Waals surface area contributed by atoms with Gasteiger partial charge in [-0.1, -0.05) is 66.7 Å². The van der Waals surface area contributed by atoms with Crippen molar-refractivity contribution < 1.29 is 23.9 Å². The van der Waals surface area contributed by atoms with Crippen molar-refractivity contribution in [2.75, 3.05) is 24.3 Å². The molecule has 5 rings (SSSR count). The Hall–Kier alpha value is -4.16. The third-order valence-electron chi connectivity index (χ3n) is 7.30. The van der Waals surface area contributed by atoms with Crippen molar-refractivity contribution in [2.45, 2.75) is 63.7 Å². The number of ether oxygens (including phenoxy) is 2. The van der Waals surface area contributed by atoms with E-state index >= 15 is 0 Å². The molecule has 0 bridgehead atoms. The Balaban J connectivity index is 1.25. The van der Waals surface area contributed by atoms with E-state index in [1.54, 1.807) is 19.1 Å². The van der Waals surface area contributed by atoms with E-state index in [4.69, 9.17) is 9.47 Å². The van der Waals surface area contributed by atoms with Crippen LogP contribution in [0.2, 0.25) is 0 Å². The fourth-order valence-electron chi connectivity index (χ4n) is 5.10. The number of benzene rings is 2. The summed E-state index contributed by atoms with van der Waals surface area (Å²) in [5, 5.41) is 15.6. The summed E-state index contributed by atoms with van der Waals surface area (Å²) < 4.78 is 12.8. The summed E-state index contributed by atoms with van der Waals surface area (Å²) >= 11 is 2.74. The quantitative estimate of drug-likeness (QED) is 0.105. The summed E-state index contributed by atoms with van der Waals surface area (Å²) in [6.45, 7) is 2.66. The Morgan fingerprint density at radius 3 is 2.49 bits per heavy atom. The van der Waals surface area contributed by atoms with Crippen LogP contribution in [0.1, 0.15) is 58.4 Å². The van der Waals surface area contributed by atoms with Crippen molar-refractivity contribution in [1.82, 2.24) is 20.1 Å². The Labute approximate surface area is 270 Å². The fraction of sp³-hybridized carbons (Fsp3) is 0.364. The lowest BCUT2D eigenvalue weighted by atomic mass is 10.1. The van der Waals surface area contributed by atoms with Gasteiger partial charge in [-0.2, -0.15) is 0 Å². The molecule has 2 N–H and O–H groups in total. The maximum absolute atomic E-state index is 13.2. The Bertz CT molecular complexity index is 1590. The highest BCUT2D eigenvalue weighted by atomic mass is 32.2. The molecule has 45 heavy (non-hydrogen) atoms. The van der Waals surface area contributed by atoms with Gasteiger partial charge in [-0.05, 0) is 62.3 Å². The molecule has 2 aromatic carbocycles. The molecule has 2 heterocycles. The molecule has 0 spiro atoms. The largest absolute Gasteiger partial charge is 0.484 e. The van der Waals surface area contributed by atoms with Crippen LogP contribution >= 0.6 is 23.1 Å². The van der Waals surface area contributed by atoms with E-state index in [1.807, 2.05) is 41.0 Å². The fourth-order valence-corrected chi connectivity index (χ4v) is 7.18. The zero-order valence-electron chi connectivity index (χ0n) is 25.3. The standard InChI is InChI=1S/C33H37N5O5S2/c1-2-42-32(41)30-25-16-10-5-11-17-26(25)45-31(30)35-29(40)22-44-33-37-36-27(38(33)19-18-23-12-6-3-7-13-23)20-34-28(39)21-43-24-14-8-4-9-15-24/h3-4,6-9,12-15H,2,5,10-11,16-22H2,1H3,(H,34,39)(H,35,40). The second kappa shape index (κ2) is 16.2. The summed E-state index contributed by atoms with van der Waals surface area (Å²) in [4.78, 5) is 39.7. The van der Waals surface area contributed by atoms with Crippen molar-refractivity contribution in [3.63, 3.8) is 0 Å². The van der Waals surface area contributed by atoms with Gasteiger partial charge in [0.05, 0.1) is 24.5 Å². The van der Waals surface area contributed by atoms with Crippen molar-refractivity contribution in [3.8, 4) is 5.75 Å². The van der Waals surface area contributed by atoms with Gasteiger partial charge < -0.3 is 24.7 Å². The van der Waals surface area contributed by atoms with Crippen LogP contribution < -0.4 is 15.4 Å². The van der Waals surface area contributed by atoms with Crippen LogP contribution in [0.3, 0.4) is 0 Å². The molecule has 12 heteroatoms. The van der Waals surface area contributed by atoms with E-state index in [1.165, 1.54) is 23.1 Å². The molecule has 4 aromatic rings. The van der Waals surface area contributed by atoms with Crippen molar-refractivity contribution >= 4 is 45.9 Å². The van der Waals surface area contributed by atoms with Gasteiger partial charge in [-0.15, -0.1) is 21.5 Å². The van der Waals surface area contributed by atoms with Gasteiger partial charge in [0.25, 0.3) is 5.91 Å². The number of hydrogen-bond acceptors (Lipinski definition) is 9. The van der Waals surface area contributed by atoms with Crippen molar-refractivity contribution in [3.05, 3.63) is 88.1 Å². The molecule has 0 atom stereocenters. The van der Waals surface area contributed by atoms with E-state index in [0.717, 1.165) is 54.5 Å². The van der Waals surface area contributed by atoms with E-state index in [0.29, 0.717) is 33.8 Å². The Morgan fingerprint density at radius 1 is 0.956 bits per heavy atom. The van der Waals surface area contributed by atoms with Gasteiger partial charge in [0.2, 0.25) is 5.91 Å². The highest BCUT2D eigenvalue weighted by Gasteiger charge is 2.27. The average molecular weight is 648 g/mol. The van der Waals surface area contributed by atoms with Crippen LogP contribution in [0.5, 0.6) is 5.75 Å². The summed E-state index contributed by atoms with van der Waals surface area (Å²) in [6.07, 6.45) is 5.65.